The van der Waals surface area contributed by atoms with Crippen molar-refractivity contribution in [3.63, 3.8) is 0 Å². The number of esters is 2. The normalized spacial score (nSPS) is 11.1. The number of benzene rings is 4. The molecule has 5 rings (SSSR count). The molecule has 4 aromatic rings. The first kappa shape index (κ1) is 25.5. The van der Waals surface area contributed by atoms with Gasteiger partial charge in [0.2, 0.25) is 11.5 Å². The Morgan fingerprint density at radius 1 is 0.615 bits per heavy atom. The highest BCUT2D eigenvalue weighted by Crippen LogP contribution is 2.59. The minimum absolute atomic E-state index is 0.0453. The zero-order chi connectivity index (χ0) is 27.5. The largest absolute Gasteiger partial charge is 0.453 e. The van der Waals surface area contributed by atoms with Crippen LogP contribution in [0.3, 0.4) is 0 Å². The summed E-state index contributed by atoms with van der Waals surface area (Å²) in [5.41, 5.74) is 3.47. The average molecular weight is 519 g/mol. The third-order valence-electron chi connectivity index (χ3n) is 6.09. The van der Waals surface area contributed by atoms with Crippen LogP contribution in [-0.2, 0) is 16.0 Å². The molecule has 6 heteroatoms. The Morgan fingerprint density at radius 2 is 1.10 bits per heavy atom. The van der Waals surface area contributed by atoms with Crippen molar-refractivity contribution < 1.29 is 28.5 Å². The standard InChI is InChI=1S/C33H26O6/c1-20(2)32(34)38-29-27-25-18-12-11-13-22(25)19-26(27)28(36-23-14-7-5-8-15-23)30(31(29)39-33(35)21(3)4)37-24-16-9-6-10-17-24/h5-18H,1,3,19H2,2,4H3. The van der Waals surface area contributed by atoms with E-state index in [4.69, 9.17) is 18.9 Å². The van der Waals surface area contributed by atoms with Gasteiger partial charge >= 0.3 is 11.9 Å². The molecule has 1 aliphatic carbocycles. The highest BCUT2D eigenvalue weighted by Gasteiger charge is 2.36. The first-order chi connectivity index (χ1) is 18.8. The van der Waals surface area contributed by atoms with Gasteiger partial charge in [0.15, 0.2) is 11.5 Å². The predicted octanol–water partition coefficient (Wildman–Crippen LogP) is 7.81. The zero-order valence-electron chi connectivity index (χ0n) is 21.7. The Kier molecular flexibility index (Phi) is 7.02. The van der Waals surface area contributed by atoms with Gasteiger partial charge < -0.3 is 18.9 Å². The van der Waals surface area contributed by atoms with Gasteiger partial charge in [0.1, 0.15) is 11.5 Å². The lowest BCUT2D eigenvalue weighted by molar-refractivity contribution is -0.132. The molecular weight excluding hydrogens is 492 g/mol. The van der Waals surface area contributed by atoms with E-state index in [0.717, 1.165) is 16.7 Å². The van der Waals surface area contributed by atoms with Crippen molar-refractivity contribution in [2.24, 2.45) is 0 Å². The number of carbonyl (C=O) groups excluding carboxylic acids is 2. The van der Waals surface area contributed by atoms with Crippen molar-refractivity contribution in [3.8, 4) is 45.6 Å². The van der Waals surface area contributed by atoms with Crippen molar-refractivity contribution >= 4 is 11.9 Å². The van der Waals surface area contributed by atoms with Crippen molar-refractivity contribution in [3.05, 3.63) is 120 Å². The van der Waals surface area contributed by atoms with Crippen LogP contribution in [0.15, 0.2) is 109 Å². The van der Waals surface area contributed by atoms with Gasteiger partial charge in [-0.3, -0.25) is 0 Å². The third-order valence-corrected chi connectivity index (χ3v) is 6.09. The molecule has 0 aliphatic heterocycles. The molecule has 0 spiro atoms. The lowest BCUT2D eigenvalue weighted by Gasteiger charge is -2.23. The highest BCUT2D eigenvalue weighted by atomic mass is 16.6. The number of ether oxygens (including phenoxy) is 4. The van der Waals surface area contributed by atoms with Crippen LogP contribution in [0.5, 0.6) is 34.5 Å². The lowest BCUT2D eigenvalue weighted by atomic mass is 10.0. The molecule has 39 heavy (non-hydrogen) atoms. The van der Waals surface area contributed by atoms with Crippen LogP contribution in [0.4, 0.5) is 0 Å². The summed E-state index contributed by atoms with van der Waals surface area (Å²) in [5, 5.41) is 0. The average Bonchev–Trinajstić information content (AvgIpc) is 3.32. The fourth-order valence-corrected chi connectivity index (χ4v) is 4.23. The Labute approximate surface area is 226 Å². The second-order valence-electron chi connectivity index (χ2n) is 9.17. The Bertz CT molecular complexity index is 1600. The number of rotatable bonds is 8. The third kappa shape index (κ3) is 5.18. The maximum atomic E-state index is 12.9. The quantitative estimate of drug-likeness (QED) is 0.119. The molecule has 4 aromatic carbocycles. The number of carbonyl (C=O) groups is 2. The minimum Gasteiger partial charge on any atom is -0.453 e. The minimum atomic E-state index is -0.711. The Balaban J connectivity index is 1.85. The molecule has 0 amide bonds. The predicted molar refractivity (Wildman–Crippen MR) is 149 cm³/mol. The molecule has 0 saturated heterocycles. The van der Waals surface area contributed by atoms with Crippen LogP contribution in [0.25, 0.3) is 11.1 Å². The summed E-state index contributed by atoms with van der Waals surface area (Å²) < 4.78 is 24.6. The van der Waals surface area contributed by atoms with Crippen LogP contribution in [0.2, 0.25) is 0 Å². The molecular formula is C33H26O6. The summed E-state index contributed by atoms with van der Waals surface area (Å²) in [6, 6.07) is 26.0. The molecule has 6 nitrogen and oxygen atoms in total. The number of hydrogen-bond donors (Lipinski definition) is 0. The Morgan fingerprint density at radius 3 is 1.67 bits per heavy atom. The van der Waals surface area contributed by atoms with Gasteiger partial charge in [-0.25, -0.2) is 9.59 Å². The Hall–Kier alpha value is -5.10. The summed E-state index contributed by atoms with van der Waals surface area (Å²) in [4.78, 5) is 25.8. The SMILES string of the molecule is C=C(C)C(=O)Oc1c(Oc2ccccc2)c(Oc2ccccc2)c2c(c1OC(=O)C(=C)C)-c1ccccc1C2. The van der Waals surface area contributed by atoms with E-state index in [1.165, 1.54) is 6.92 Å². The molecule has 0 heterocycles. The van der Waals surface area contributed by atoms with Gasteiger partial charge in [0.05, 0.1) is 0 Å². The maximum absolute atomic E-state index is 12.9. The summed E-state index contributed by atoms with van der Waals surface area (Å²) in [5.74, 6) is 0.0282. The summed E-state index contributed by atoms with van der Waals surface area (Å²) in [6.07, 6.45) is 0.477. The zero-order valence-corrected chi connectivity index (χ0v) is 21.7. The fraction of sp³-hybridized carbons (Fsp3) is 0.0909. The van der Waals surface area contributed by atoms with Crippen molar-refractivity contribution in [1.82, 2.24) is 0 Å². The highest BCUT2D eigenvalue weighted by molar-refractivity contribution is 5.97. The fourth-order valence-electron chi connectivity index (χ4n) is 4.23. The van der Waals surface area contributed by atoms with Crippen molar-refractivity contribution in [2.75, 3.05) is 0 Å². The maximum Gasteiger partial charge on any atom is 0.338 e. The number of fused-ring (bicyclic) bond motifs is 3. The van der Waals surface area contributed by atoms with Gasteiger partial charge in [0, 0.05) is 28.7 Å². The lowest BCUT2D eigenvalue weighted by Crippen LogP contribution is -2.15. The summed E-state index contributed by atoms with van der Waals surface area (Å²) in [7, 11) is 0. The molecule has 0 unspecified atom stereocenters. The van der Waals surface area contributed by atoms with Crippen LogP contribution in [0.1, 0.15) is 25.0 Å². The molecule has 0 atom stereocenters. The van der Waals surface area contributed by atoms with Crippen LogP contribution >= 0.6 is 0 Å². The van der Waals surface area contributed by atoms with Gasteiger partial charge in [-0.15, -0.1) is 0 Å². The van der Waals surface area contributed by atoms with E-state index in [1.807, 2.05) is 72.8 Å². The van der Waals surface area contributed by atoms with E-state index in [2.05, 4.69) is 13.2 Å². The summed E-state index contributed by atoms with van der Waals surface area (Å²) >= 11 is 0. The first-order valence-corrected chi connectivity index (χ1v) is 12.4. The van der Waals surface area contributed by atoms with Crippen LogP contribution in [0, 0.1) is 0 Å². The van der Waals surface area contributed by atoms with Crippen LogP contribution in [-0.4, -0.2) is 11.9 Å². The first-order valence-electron chi connectivity index (χ1n) is 12.4. The van der Waals surface area contributed by atoms with E-state index in [-0.39, 0.29) is 28.4 Å². The second kappa shape index (κ2) is 10.7. The van der Waals surface area contributed by atoms with Gasteiger partial charge in [-0.05, 0) is 49.2 Å². The molecule has 0 N–H and O–H groups in total. The van der Waals surface area contributed by atoms with E-state index >= 15 is 0 Å². The molecule has 0 fully saturated rings. The number of para-hydroxylation sites is 2. The van der Waals surface area contributed by atoms with E-state index < -0.39 is 11.9 Å². The topological polar surface area (TPSA) is 71.1 Å². The monoisotopic (exact) mass is 518 g/mol. The van der Waals surface area contributed by atoms with Gasteiger partial charge in [-0.1, -0.05) is 73.8 Å². The molecule has 1 aliphatic rings. The molecule has 0 radical (unpaired) electrons. The smallest absolute Gasteiger partial charge is 0.338 e. The van der Waals surface area contributed by atoms with Gasteiger partial charge in [-0.2, -0.15) is 0 Å². The van der Waals surface area contributed by atoms with E-state index in [9.17, 15) is 9.59 Å². The van der Waals surface area contributed by atoms with Crippen molar-refractivity contribution in [2.45, 2.75) is 20.3 Å². The summed E-state index contributed by atoms with van der Waals surface area (Å²) in [6.45, 7) is 10.5. The molecule has 0 bridgehead atoms. The van der Waals surface area contributed by atoms with E-state index in [0.29, 0.717) is 29.2 Å². The molecule has 0 aromatic heterocycles. The van der Waals surface area contributed by atoms with Gasteiger partial charge in [0.25, 0.3) is 0 Å². The molecule has 0 saturated carbocycles. The molecule has 194 valence electrons. The van der Waals surface area contributed by atoms with E-state index in [1.54, 1.807) is 19.1 Å². The second-order valence-corrected chi connectivity index (χ2v) is 9.17. The van der Waals surface area contributed by atoms with Crippen molar-refractivity contribution in [1.29, 1.82) is 0 Å². The number of hydrogen-bond acceptors (Lipinski definition) is 6. The van der Waals surface area contributed by atoms with Crippen LogP contribution < -0.4 is 18.9 Å².